The lowest BCUT2D eigenvalue weighted by molar-refractivity contribution is 0.0697. The molecule has 34 heavy (non-hydrogen) atoms. The van der Waals surface area contributed by atoms with E-state index in [0.717, 1.165) is 6.54 Å². The number of phenols is 1. The summed E-state index contributed by atoms with van der Waals surface area (Å²) in [4.78, 5) is 26.2. The van der Waals surface area contributed by atoms with Crippen molar-refractivity contribution in [2.75, 3.05) is 32.5 Å². The Morgan fingerprint density at radius 2 is 1.82 bits per heavy atom. The van der Waals surface area contributed by atoms with E-state index in [1.165, 1.54) is 30.3 Å². The molecule has 0 saturated carbocycles. The lowest BCUT2D eigenvalue weighted by Crippen LogP contribution is -2.34. The van der Waals surface area contributed by atoms with Crippen LogP contribution < -0.4 is 16.1 Å². The molecule has 1 aliphatic carbocycles. The first kappa shape index (κ1) is 23.2. The first-order chi connectivity index (χ1) is 16.2. The Morgan fingerprint density at radius 1 is 1.06 bits per heavy atom. The van der Waals surface area contributed by atoms with Crippen LogP contribution in [0.5, 0.6) is 5.75 Å². The molecule has 0 spiro atoms. The zero-order valence-electron chi connectivity index (χ0n) is 18.6. The Kier molecular flexibility index (Phi) is 6.49. The quantitative estimate of drug-likeness (QED) is 0.243. The van der Waals surface area contributed by atoms with Crippen molar-refractivity contribution in [3.63, 3.8) is 0 Å². The predicted molar refractivity (Wildman–Crippen MR) is 136 cm³/mol. The first-order valence-electron chi connectivity index (χ1n) is 10.5. The molecule has 2 aliphatic rings. The maximum Gasteiger partial charge on any atom is 0.336 e. The molecule has 0 aromatic heterocycles. The molecule has 1 heterocycles. The number of hydrogen-bond donors (Lipinski definition) is 4. The third kappa shape index (κ3) is 4.85. The van der Waals surface area contributed by atoms with E-state index in [1.54, 1.807) is 24.3 Å². The fourth-order valence-corrected chi connectivity index (χ4v) is 3.95. The van der Waals surface area contributed by atoms with Gasteiger partial charge in [0.25, 0.3) is 0 Å². The average Bonchev–Trinajstić information content (AvgIpc) is 2.77. The van der Waals surface area contributed by atoms with Gasteiger partial charge in [-0.3, -0.25) is 4.79 Å². The Balaban J connectivity index is 1.82. The van der Waals surface area contributed by atoms with Crippen molar-refractivity contribution in [2.24, 2.45) is 0 Å². The number of nitrogens with zero attached hydrogens (tertiary/aromatic N) is 1. The summed E-state index contributed by atoms with van der Waals surface area (Å²) in [6, 6.07) is 13.9. The molecule has 0 amide bonds. The highest BCUT2D eigenvalue weighted by atomic mass is 32.1. The number of thiocarbonyl (C=S) groups is 1. The Morgan fingerprint density at radius 3 is 2.56 bits per heavy atom. The average molecular weight is 478 g/mol. The van der Waals surface area contributed by atoms with Crippen LogP contribution in [-0.2, 0) is 0 Å². The van der Waals surface area contributed by atoms with Gasteiger partial charge < -0.3 is 30.2 Å². The van der Waals surface area contributed by atoms with Crippen LogP contribution in [0.3, 0.4) is 0 Å². The molecule has 0 bridgehead atoms. The molecule has 1 aliphatic heterocycles. The van der Waals surface area contributed by atoms with Gasteiger partial charge in [0.05, 0.1) is 5.56 Å². The number of aromatic hydroxyl groups is 1. The number of carboxylic acids is 1. The van der Waals surface area contributed by atoms with Gasteiger partial charge in [0, 0.05) is 47.4 Å². The second-order valence-electron chi connectivity index (χ2n) is 8.07. The van der Waals surface area contributed by atoms with Crippen LogP contribution in [0.1, 0.15) is 10.4 Å². The van der Waals surface area contributed by atoms with E-state index in [2.05, 4.69) is 10.6 Å². The van der Waals surface area contributed by atoms with Gasteiger partial charge in [0.1, 0.15) is 17.1 Å². The number of likely N-dealkylation sites (N-methyl/N-ethyl adjacent to an activating group) is 1. The summed E-state index contributed by atoms with van der Waals surface area (Å²) in [5.41, 5.74) is 2.28. The maximum atomic E-state index is 12.3. The van der Waals surface area contributed by atoms with Crippen LogP contribution in [0.15, 0.2) is 63.8 Å². The molecule has 0 saturated heterocycles. The lowest BCUT2D eigenvalue weighted by atomic mass is 9.90. The zero-order valence-corrected chi connectivity index (χ0v) is 19.4. The molecular weight excluding hydrogens is 454 g/mol. The molecule has 174 valence electrons. The topological polar surface area (TPSA) is 115 Å². The molecule has 0 unspecified atom stereocenters. The van der Waals surface area contributed by atoms with Crippen molar-refractivity contribution in [1.82, 2.24) is 10.2 Å². The minimum atomic E-state index is -1.12. The van der Waals surface area contributed by atoms with E-state index < -0.39 is 5.97 Å². The van der Waals surface area contributed by atoms with Gasteiger partial charge in [-0.1, -0.05) is 6.07 Å². The van der Waals surface area contributed by atoms with E-state index in [0.29, 0.717) is 50.8 Å². The van der Waals surface area contributed by atoms with Crippen LogP contribution in [0.25, 0.3) is 33.4 Å². The van der Waals surface area contributed by atoms with Crippen LogP contribution in [-0.4, -0.2) is 53.4 Å². The Bertz CT molecular complexity index is 1430. The number of benzene rings is 3. The number of carboxylic acid groups (broad SMARTS) is 1. The minimum Gasteiger partial charge on any atom is -0.508 e. The molecule has 0 atom stereocenters. The van der Waals surface area contributed by atoms with E-state index >= 15 is 0 Å². The predicted octanol–water partition coefficient (Wildman–Crippen LogP) is 3.82. The number of nitrogens with one attached hydrogen (secondary N) is 2. The summed E-state index contributed by atoms with van der Waals surface area (Å²) < 4.78 is 5.85. The molecular formula is C25H23N3O5S. The fourth-order valence-electron chi connectivity index (χ4n) is 3.73. The Labute approximate surface area is 200 Å². The molecule has 4 N–H and O–H groups in total. The number of phenolic OH excluding ortho intramolecular Hbond substituents is 1. The molecule has 0 fully saturated rings. The summed E-state index contributed by atoms with van der Waals surface area (Å²) in [5, 5.41) is 27.1. The fraction of sp³-hybridized carbons (Fsp3) is 0.160. The number of aromatic carboxylic acids is 1. The van der Waals surface area contributed by atoms with Crippen molar-refractivity contribution in [3.05, 3.63) is 70.4 Å². The number of carbonyl (C=O) groups is 1. The van der Waals surface area contributed by atoms with Crippen molar-refractivity contribution in [1.29, 1.82) is 0 Å². The second kappa shape index (κ2) is 9.50. The third-order valence-electron chi connectivity index (χ3n) is 5.30. The molecule has 2 aromatic carbocycles. The number of fused-ring (bicyclic) bond motifs is 2. The Hall–Kier alpha value is -3.95. The molecule has 0 radical (unpaired) electrons. The van der Waals surface area contributed by atoms with E-state index in [9.17, 15) is 19.8 Å². The molecule has 2 aromatic rings. The van der Waals surface area contributed by atoms with Crippen LogP contribution in [0, 0.1) is 0 Å². The first-order valence-corrected chi connectivity index (χ1v) is 10.9. The maximum absolute atomic E-state index is 12.3. The van der Waals surface area contributed by atoms with Gasteiger partial charge in [-0.25, -0.2) is 4.79 Å². The summed E-state index contributed by atoms with van der Waals surface area (Å²) in [7, 11) is 3.92. The summed E-state index contributed by atoms with van der Waals surface area (Å²) in [5.74, 6) is -0.829. The molecule has 9 heteroatoms. The van der Waals surface area contributed by atoms with Crippen molar-refractivity contribution in [3.8, 4) is 28.2 Å². The molecule has 4 rings (SSSR count). The summed E-state index contributed by atoms with van der Waals surface area (Å²) in [6.45, 7) is 1.43. The highest BCUT2D eigenvalue weighted by Gasteiger charge is 2.22. The number of rotatable bonds is 6. The monoisotopic (exact) mass is 477 g/mol. The zero-order chi connectivity index (χ0) is 24.4. The van der Waals surface area contributed by atoms with Gasteiger partial charge in [0.15, 0.2) is 10.5 Å². The largest absolute Gasteiger partial charge is 0.508 e. The van der Waals surface area contributed by atoms with Gasteiger partial charge in [-0.05, 0) is 68.3 Å². The standard InChI is InChI=1S/C25H23N3O5S/c1-28(2)10-9-26-25(34)27-14-3-6-17(20(11-14)24(31)32)23-18-7-4-15(29)12-21(18)33-22-13-16(30)5-8-19(22)23/h3-8,11-13,29H,9-10H2,1-2H3,(H,31,32)(H2,26,27,34). The highest BCUT2D eigenvalue weighted by molar-refractivity contribution is 7.80. The van der Waals surface area contributed by atoms with E-state index in [-0.39, 0.29) is 16.7 Å². The van der Waals surface area contributed by atoms with Crippen molar-refractivity contribution in [2.45, 2.75) is 0 Å². The minimum absolute atomic E-state index is 0.00638. The smallest absolute Gasteiger partial charge is 0.336 e. The number of anilines is 1. The summed E-state index contributed by atoms with van der Waals surface area (Å²) >= 11 is 5.32. The van der Waals surface area contributed by atoms with Gasteiger partial charge in [-0.15, -0.1) is 0 Å². The van der Waals surface area contributed by atoms with Gasteiger partial charge in [0.2, 0.25) is 0 Å². The third-order valence-corrected chi connectivity index (χ3v) is 5.55. The summed E-state index contributed by atoms with van der Waals surface area (Å²) in [6.07, 6.45) is 0. The second-order valence-corrected chi connectivity index (χ2v) is 8.47. The molecule has 8 nitrogen and oxygen atoms in total. The number of hydrogen-bond acceptors (Lipinski definition) is 6. The van der Waals surface area contributed by atoms with Crippen molar-refractivity contribution >= 4 is 40.0 Å². The van der Waals surface area contributed by atoms with Crippen molar-refractivity contribution < 1.29 is 19.4 Å². The van der Waals surface area contributed by atoms with Gasteiger partial charge in [-0.2, -0.15) is 0 Å². The van der Waals surface area contributed by atoms with Crippen LogP contribution >= 0.6 is 12.2 Å². The lowest BCUT2D eigenvalue weighted by Gasteiger charge is -2.18. The van der Waals surface area contributed by atoms with Crippen LogP contribution in [0.2, 0.25) is 0 Å². The normalized spacial score (nSPS) is 11.1. The SMILES string of the molecule is CN(C)CCNC(=S)Nc1ccc(-c2c3ccc(=O)cc-3oc3cc(O)ccc23)c(C(=O)O)c1. The van der Waals surface area contributed by atoms with Crippen LogP contribution in [0.4, 0.5) is 5.69 Å². The van der Waals surface area contributed by atoms with Gasteiger partial charge >= 0.3 is 5.97 Å². The van der Waals surface area contributed by atoms with E-state index in [1.807, 2.05) is 19.0 Å². The van der Waals surface area contributed by atoms with E-state index in [4.69, 9.17) is 16.6 Å². The highest BCUT2D eigenvalue weighted by Crippen LogP contribution is 2.42.